The van der Waals surface area contributed by atoms with Gasteiger partial charge in [0.05, 0.1) is 19.8 Å². The van der Waals surface area contributed by atoms with Gasteiger partial charge < -0.3 is 24.2 Å². The molecule has 0 spiro atoms. The molecule has 0 aromatic heterocycles. The molecule has 0 bridgehead atoms. The summed E-state index contributed by atoms with van der Waals surface area (Å²) in [6.07, 6.45) is 60.7. The quantitative estimate of drug-likeness (QED) is 0.0197. The fourth-order valence-corrected chi connectivity index (χ4v) is 7.42. The van der Waals surface area contributed by atoms with Crippen LogP contribution in [0.1, 0.15) is 201 Å². The Morgan fingerprint density at radius 3 is 1.21 bits per heavy atom. The van der Waals surface area contributed by atoms with Gasteiger partial charge >= 0.3 is 25.7 Å². The molecular weight excluding hydrogens is 904 g/mol. The van der Waals surface area contributed by atoms with E-state index in [2.05, 4.69) is 118 Å². The lowest BCUT2D eigenvalue weighted by Gasteiger charge is -2.21. The van der Waals surface area contributed by atoms with Crippen molar-refractivity contribution >= 4 is 25.7 Å². The van der Waals surface area contributed by atoms with Gasteiger partial charge in [0, 0.05) is 19.3 Å². The Morgan fingerprint density at radius 2 is 0.771 bits per heavy atom. The molecule has 0 heterocycles. The largest absolute Gasteiger partial charge is 0.472 e. The minimum absolute atomic E-state index is 0.0964. The van der Waals surface area contributed by atoms with Gasteiger partial charge in [-0.15, -0.1) is 0 Å². The summed E-state index contributed by atoms with van der Waals surface area (Å²) >= 11 is 0. The predicted molar refractivity (Wildman–Crippen MR) is 288 cm³/mol. The smallest absolute Gasteiger partial charge is 0.462 e. The van der Waals surface area contributed by atoms with E-state index < -0.39 is 57.8 Å². The zero-order valence-electron chi connectivity index (χ0n) is 43.7. The van der Waals surface area contributed by atoms with Crippen LogP contribution in [-0.2, 0) is 42.2 Å². The van der Waals surface area contributed by atoms with Gasteiger partial charge in [0.25, 0.3) is 0 Å². The van der Waals surface area contributed by atoms with Crippen LogP contribution in [0.3, 0.4) is 0 Å². The zero-order chi connectivity index (χ0) is 51.3. The Labute approximate surface area is 425 Å². The van der Waals surface area contributed by atoms with Crippen LogP contribution in [0.5, 0.6) is 0 Å². The lowest BCUT2D eigenvalue weighted by Crippen LogP contribution is -2.30. The van der Waals surface area contributed by atoms with Crippen molar-refractivity contribution in [2.75, 3.05) is 26.4 Å². The van der Waals surface area contributed by atoms with Crippen molar-refractivity contribution in [3.05, 3.63) is 109 Å². The van der Waals surface area contributed by atoms with Crippen molar-refractivity contribution in [2.24, 2.45) is 0 Å². The number of ether oxygens (including phenoxy) is 3. The number of aliphatic hydroxyl groups is 1. The third-order valence-corrected chi connectivity index (χ3v) is 11.6. The standard InChI is InChI=1S/C58H95O11P/c1-4-7-10-13-16-19-22-24-25-26-27-28-29-31-34-37-40-43-46-49-58(62)69-55(51-65-56(60)47-44-41-38-35-33-30-23-20-17-14-11-8-5-2)53-67-70(63,64)66-52-54(50-59)68-57(61)48-45-42-39-36-32-21-18-15-12-9-6-3/h7-8,10-11,15-20,24-25,27-28,30,33,38,41,54-55,59H,4-6,9,12-14,21-23,26,29,31-32,34-37,39-40,42-53H2,1-3H3,(H,63,64)/b10-7-,11-8-,18-15-,19-16-,20-17-,25-24-,28-27-,33-30-,41-38-. The molecule has 0 aromatic carbocycles. The summed E-state index contributed by atoms with van der Waals surface area (Å²) in [7, 11) is -4.77. The van der Waals surface area contributed by atoms with Crippen molar-refractivity contribution in [1.82, 2.24) is 0 Å². The van der Waals surface area contributed by atoms with Crippen molar-refractivity contribution in [2.45, 2.75) is 213 Å². The number of allylic oxidation sites excluding steroid dienone is 18. The van der Waals surface area contributed by atoms with E-state index in [0.717, 1.165) is 128 Å². The van der Waals surface area contributed by atoms with Crippen LogP contribution in [0.4, 0.5) is 0 Å². The average Bonchev–Trinajstić information content (AvgIpc) is 3.35. The summed E-state index contributed by atoms with van der Waals surface area (Å²) in [6.45, 7) is 4.24. The molecule has 0 rings (SSSR count). The van der Waals surface area contributed by atoms with E-state index in [0.29, 0.717) is 19.3 Å². The van der Waals surface area contributed by atoms with Gasteiger partial charge in [-0.1, -0.05) is 188 Å². The fraction of sp³-hybridized carbons (Fsp3) is 0.638. The normalized spacial score (nSPS) is 14.3. The van der Waals surface area contributed by atoms with Crippen LogP contribution in [0.25, 0.3) is 0 Å². The van der Waals surface area contributed by atoms with E-state index >= 15 is 0 Å². The molecule has 70 heavy (non-hydrogen) atoms. The molecule has 11 nitrogen and oxygen atoms in total. The Bertz CT molecular complexity index is 1590. The van der Waals surface area contributed by atoms with Crippen molar-refractivity contribution < 1.29 is 52.2 Å². The molecule has 0 saturated heterocycles. The van der Waals surface area contributed by atoms with Gasteiger partial charge in [0.15, 0.2) is 6.10 Å². The number of hydrogen-bond acceptors (Lipinski definition) is 10. The van der Waals surface area contributed by atoms with Crippen LogP contribution in [0, 0.1) is 0 Å². The summed E-state index contributed by atoms with van der Waals surface area (Å²) in [5, 5.41) is 9.77. The molecular formula is C58H95O11P. The van der Waals surface area contributed by atoms with Crippen LogP contribution >= 0.6 is 7.82 Å². The molecule has 398 valence electrons. The SMILES string of the molecule is CC/C=C\C/C=C\C/C=C\C/C=C\CCCCCCCCC(=O)OC(COC(=O)CC/C=C\C/C=C\C/C=C\C/C=C\CC)COP(=O)(O)OCC(CO)OC(=O)CCCCCCC/C=C\CCCC. The second-order valence-corrected chi connectivity index (χ2v) is 18.7. The monoisotopic (exact) mass is 999 g/mol. The second kappa shape index (κ2) is 51.5. The molecule has 3 unspecified atom stereocenters. The minimum Gasteiger partial charge on any atom is -0.462 e. The number of unbranched alkanes of at least 4 members (excludes halogenated alkanes) is 13. The molecule has 0 saturated carbocycles. The maximum atomic E-state index is 12.9. The summed E-state index contributed by atoms with van der Waals surface area (Å²) in [4.78, 5) is 48.3. The van der Waals surface area contributed by atoms with Crippen LogP contribution in [0.15, 0.2) is 109 Å². The van der Waals surface area contributed by atoms with Gasteiger partial charge in [0.1, 0.15) is 12.7 Å². The van der Waals surface area contributed by atoms with Crippen molar-refractivity contribution in [3.8, 4) is 0 Å². The van der Waals surface area contributed by atoms with E-state index in [9.17, 15) is 28.9 Å². The van der Waals surface area contributed by atoms with E-state index in [1.807, 2.05) is 12.2 Å². The topological polar surface area (TPSA) is 155 Å². The first-order chi connectivity index (χ1) is 34.2. The van der Waals surface area contributed by atoms with Gasteiger partial charge in [-0.25, -0.2) is 4.57 Å². The molecule has 0 aliphatic heterocycles. The van der Waals surface area contributed by atoms with Gasteiger partial charge in [-0.3, -0.25) is 23.4 Å². The number of hydrogen-bond donors (Lipinski definition) is 2. The van der Waals surface area contributed by atoms with E-state index in [4.69, 9.17) is 23.3 Å². The Hall–Kier alpha value is -3.86. The maximum absolute atomic E-state index is 12.9. The zero-order valence-corrected chi connectivity index (χ0v) is 44.6. The molecule has 0 aromatic rings. The Kier molecular flexibility index (Phi) is 48.7. The number of esters is 3. The molecule has 0 amide bonds. The fourth-order valence-electron chi connectivity index (χ4n) is 6.63. The molecule has 2 N–H and O–H groups in total. The second-order valence-electron chi connectivity index (χ2n) is 17.3. The summed E-state index contributed by atoms with van der Waals surface area (Å²) in [5.74, 6) is -1.60. The average molecular weight is 999 g/mol. The highest BCUT2D eigenvalue weighted by Crippen LogP contribution is 2.43. The first-order valence-electron chi connectivity index (χ1n) is 26.8. The van der Waals surface area contributed by atoms with Crippen molar-refractivity contribution in [3.63, 3.8) is 0 Å². The number of phosphoric acid groups is 1. The molecule has 0 aliphatic carbocycles. The molecule has 12 heteroatoms. The maximum Gasteiger partial charge on any atom is 0.472 e. The summed E-state index contributed by atoms with van der Waals surface area (Å²) in [6, 6.07) is 0. The molecule has 0 radical (unpaired) electrons. The van der Waals surface area contributed by atoms with Crippen LogP contribution in [0.2, 0.25) is 0 Å². The van der Waals surface area contributed by atoms with E-state index in [-0.39, 0.29) is 25.9 Å². The lowest BCUT2D eigenvalue weighted by molar-refractivity contribution is -0.161. The highest BCUT2D eigenvalue weighted by Gasteiger charge is 2.28. The number of aliphatic hydroxyl groups excluding tert-OH is 1. The summed E-state index contributed by atoms with van der Waals surface area (Å²) in [5.41, 5.74) is 0. The van der Waals surface area contributed by atoms with Crippen LogP contribution in [-0.4, -0.2) is 66.5 Å². The van der Waals surface area contributed by atoms with E-state index in [1.165, 1.54) is 12.8 Å². The number of rotatable bonds is 48. The molecule has 3 atom stereocenters. The highest BCUT2D eigenvalue weighted by molar-refractivity contribution is 7.47. The van der Waals surface area contributed by atoms with Gasteiger partial charge in [-0.2, -0.15) is 0 Å². The number of carbonyl (C=O) groups is 3. The lowest BCUT2D eigenvalue weighted by atomic mass is 10.1. The van der Waals surface area contributed by atoms with E-state index in [1.54, 1.807) is 0 Å². The van der Waals surface area contributed by atoms with Gasteiger partial charge in [-0.05, 0) is 103 Å². The van der Waals surface area contributed by atoms with Gasteiger partial charge in [0.2, 0.25) is 0 Å². The molecule has 0 fully saturated rings. The predicted octanol–water partition coefficient (Wildman–Crippen LogP) is 15.5. The Morgan fingerprint density at radius 1 is 0.414 bits per heavy atom. The highest BCUT2D eigenvalue weighted by atomic mass is 31.2. The third-order valence-electron chi connectivity index (χ3n) is 10.7. The molecule has 0 aliphatic rings. The summed E-state index contributed by atoms with van der Waals surface area (Å²) < 4.78 is 39.3. The van der Waals surface area contributed by atoms with Crippen molar-refractivity contribution in [1.29, 1.82) is 0 Å². The number of carbonyl (C=O) groups excluding carboxylic acids is 3. The Balaban J connectivity index is 4.85. The minimum atomic E-state index is -4.77. The first kappa shape index (κ1) is 66.1. The van der Waals surface area contributed by atoms with Crippen LogP contribution < -0.4 is 0 Å². The third kappa shape index (κ3) is 49.1. The first-order valence-corrected chi connectivity index (χ1v) is 28.3. The number of phosphoric ester groups is 1.